The number of ether oxygens (including phenoxy) is 1. The van der Waals surface area contributed by atoms with Crippen LogP contribution in [-0.4, -0.2) is 34.3 Å². The first-order valence-electron chi connectivity index (χ1n) is 5.64. The molecule has 18 heavy (non-hydrogen) atoms. The number of rotatable bonds is 5. The van der Waals surface area contributed by atoms with Crippen LogP contribution in [-0.2, 0) is 27.9 Å². The summed E-state index contributed by atoms with van der Waals surface area (Å²) >= 11 is 0. The van der Waals surface area contributed by atoms with Gasteiger partial charge in [-0.2, -0.15) is 5.10 Å². The Morgan fingerprint density at radius 1 is 1.61 bits per heavy atom. The van der Waals surface area contributed by atoms with E-state index in [-0.39, 0.29) is 13.2 Å². The number of carbonyl (C=O) groups is 2. The third-order valence-electron chi connectivity index (χ3n) is 2.61. The predicted molar refractivity (Wildman–Crippen MR) is 64.4 cm³/mol. The molecule has 0 fully saturated rings. The lowest BCUT2D eigenvalue weighted by Crippen LogP contribution is -2.46. The number of esters is 1. The summed E-state index contributed by atoms with van der Waals surface area (Å²) in [7, 11) is 1.81. The highest BCUT2D eigenvalue weighted by molar-refractivity contribution is 6.01. The number of nitrogens with one attached hydrogen (secondary N) is 1. The molecule has 0 aliphatic rings. The van der Waals surface area contributed by atoms with Gasteiger partial charge in [-0.1, -0.05) is 0 Å². The molecule has 1 heterocycles. The summed E-state index contributed by atoms with van der Waals surface area (Å²) in [4.78, 5) is 22.8. The molecule has 0 spiro atoms. The highest BCUT2D eigenvalue weighted by Gasteiger charge is 2.23. The van der Waals surface area contributed by atoms with Crippen molar-refractivity contribution in [1.29, 1.82) is 0 Å². The van der Waals surface area contributed by atoms with Crippen molar-refractivity contribution < 1.29 is 14.3 Å². The van der Waals surface area contributed by atoms with Crippen molar-refractivity contribution in [3.63, 3.8) is 0 Å². The zero-order chi connectivity index (χ0) is 13.7. The van der Waals surface area contributed by atoms with Crippen molar-refractivity contribution in [3.8, 4) is 0 Å². The van der Waals surface area contributed by atoms with E-state index in [1.54, 1.807) is 17.8 Å². The molecule has 0 aliphatic carbocycles. The quantitative estimate of drug-likeness (QED) is 0.531. The van der Waals surface area contributed by atoms with Crippen molar-refractivity contribution in [1.82, 2.24) is 15.1 Å². The van der Waals surface area contributed by atoms with Gasteiger partial charge in [0, 0.05) is 24.8 Å². The number of hydrogen-bond acceptors (Lipinski definition) is 5. The van der Waals surface area contributed by atoms with Crippen LogP contribution >= 0.6 is 0 Å². The van der Waals surface area contributed by atoms with Gasteiger partial charge in [0.05, 0.1) is 12.8 Å². The number of nitrogens with two attached hydrogens (primary N) is 1. The van der Waals surface area contributed by atoms with Crippen LogP contribution in [0.5, 0.6) is 0 Å². The molecule has 100 valence electrons. The second-order valence-electron chi connectivity index (χ2n) is 3.83. The lowest BCUT2D eigenvalue weighted by Gasteiger charge is -2.10. The van der Waals surface area contributed by atoms with Crippen LogP contribution in [0.15, 0.2) is 6.20 Å². The van der Waals surface area contributed by atoms with Crippen LogP contribution in [0.25, 0.3) is 0 Å². The first kappa shape index (κ1) is 14.2. The summed E-state index contributed by atoms with van der Waals surface area (Å²) in [5.74, 6) is -1.28. The fourth-order valence-electron chi connectivity index (χ4n) is 1.35. The Hall–Kier alpha value is -1.89. The van der Waals surface area contributed by atoms with Crippen LogP contribution in [0.2, 0.25) is 0 Å². The number of hydrogen-bond donors (Lipinski definition) is 2. The third kappa shape index (κ3) is 3.30. The Bertz CT molecular complexity index is 441. The number of amides is 1. The van der Waals surface area contributed by atoms with E-state index in [1.807, 2.05) is 14.0 Å². The van der Waals surface area contributed by atoms with E-state index in [9.17, 15) is 9.59 Å². The Morgan fingerprint density at radius 3 is 2.78 bits per heavy atom. The Kier molecular flexibility index (Phi) is 4.85. The van der Waals surface area contributed by atoms with Crippen LogP contribution in [0.3, 0.4) is 0 Å². The molecule has 0 aromatic carbocycles. The standard InChI is InChI=1S/C11H18N4O3/c1-4-18-11(17)9(12)10(16)13-5-8-6-14-15(3)7(8)2/h6,9H,4-5,12H2,1-3H3,(H,13,16). The van der Waals surface area contributed by atoms with Crippen molar-refractivity contribution >= 4 is 11.9 Å². The molecule has 7 nitrogen and oxygen atoms in total. The van der Waals surface area contributed by atoms with Gasteiger partial charge in [-0.25, -0.2) is 4.79 Å². The summed E-state index contributed by atoms with van der Waals surface area (Å²) in [5.41, 5.74) is 7.27. The van der Waals surface area contributed by atoms with E-state index in [4.69, 9.17) is 5.73 Å². The lowest BCUT2D eigenvalue weighted by molar-refractivity contribution is -0.148. The molecular weight excluding hydrogens is 236 g/mol. The average molecular weight is 254 g/mol. The van der Waals surface area contributed by atoms with Gasteiger partial charge in [-0.15, -0.1) is 0 Å². The average Bonchev–Trinajstić information content (AvgIpc) is 2.66. The van der Waals surface area contributed by atoms with E-state index >= 15 is 0 Å². The number of aromatic nitrogens is 2. The second-order valence-corrected chi connectivity index (χ2v) is 3.83. The first-order chi connectivity index (χ1) is 8.47. The predicted octanol–water partition coefficient (Wildman–Crippen LogP) is -0.765. The molecule has 1 aromatic rings. The minimum atomic E-state index is -1.29. The van der Waals surface area contributed by atoms with Gasteiger partial charge in [0.1, 0.15) is 0 Å². The Labute approximate surface area is 105 Å². The van der Waals surface area contributed by atoms with Gasteiger partial charge >= 0.3 is 5.97 Å². The van der Waals surface area contributed by atoms with Crippen molar-refractivity contribution in [2.45, 2.75) is 26.4 Å². The summed E-state index contributed by atoms with van der Waals surface area (Å²) in [6, 6.07) is -1.29. The maximum atomic E-state index is 11.6. The fraction of sp³-hybridized carbons (Fsp3) is 0.545. The largest absolute Gasteiger partial charge is 0.464 e. The molecule has 0 saturated carbocycles. The minimum Gasteiger partial charge on any atom is -0.464 e. The van der Waals surface area contributed by atoms with Gasteiger partial charge in [-0.3, -0.25) is 9.48 Å². The molecule has 1 rings (SSSR count). The third-order valence-corrected chi connectivity index (χ3v) is 2.61. The zero-order valence-corrected chi connectivity index (χ0v) is 10.8. The fourth-order valence-corrected chi connectivity index (χ4v) is 1.35. The van der Waals surface area contributed by atoms with Crippen molar-refractivity contribution in [2.75, 3.05) is 6.61 Å². The van der Waals surface area contributed by atoms with E-state index in [1.165, 1.54) is 0 Å². The molecule has 7 heteroatoms. The summed E-state index contributed by atoms with van der Waals surface area (Å²) in [6.45, 7) is 4.02. The highest BCUT2D eigenvalue weighted by Crippen LogP contribution is 2.04. The van der Waals surface area contributed by atoms with Crippen LogP contribution < -0.4 is 11.1 Å². The van der Waals surface area contributed by atoms with Gasteiger partial charge in [0.2, 0.25) is 5.91 Å². The van der Waals surface area contributed by atoms with Gasteiger partial charge < -0.3 is 15.8 Å². The molecule has 1 unspecified atom stereocenters. The Morgan fingerprint density at radius 2 is 2.28 bits per heavy atom. The van der Waals surface area contributed by atoms with Gasteiger partial charge in [-0.05, 0) is 13.8 Å². The van der Waals surface area contributed by atoms with Gasteiger partial charge in [0.15, 0.2) is 6.04 Å². The van der Waals surface area contributed by atoms with E-state index in [2.05, 4.69) is 15.2 Å². The zero-order valence-electron chi connectivity index (χ0n) is 10.8. The molecule has 0 radical (unpaired) electrons. The molecule has 0 bridgehead atoms. The molecule has 0 aliphatic heterocycles. The highest BCUT2D eigenvalue weighted by atomic mass is 16.5. The maximum Gasteiger partial charge on any atom is 0.332 e. The molecule has 1 amide bonds. The topological polar surface area (TPSA) is 99.2 Å². The van der Waals surface area contributed by atoms with Crippen molar-refractivity contribution in [3.05, 3.63) is 17.5 Å². The van der Waals surface area contributed by atoms with E-state index < -0.39 is 17.9 Å². The SMILES string of the molecule is CCOC(=O)C(N)C(=O)NCc1cnn(C)c1C. The minimum absolute atomic E-state index is 0.196. The van der Waals surface area contributed by atoms with Gasteiger partial charge in [0.25, 0.3) is 0 Å². The normalized spacial score (nSPS) is 12.0. The molecule has 0 saturated heterocycles. The van der Waals surface area contributed by atoms with Crippen LogP contribution in [0.4, 0.5) is 0 Å². The molecular formula is C11H18N4O3. The molecule has 1 atom stereocenters. The second kappa shape index (κ2) is 6.15. The Balaban J connectivity index is 2.51. The van der Waals surface area contributed by atoms with Crippen LogP contribution in [0.1, 0.15) is 18.2 Å². The molecule has 3 N–H and O–H groups in total. The summed E-state index contributed by atoms with van der Waals surface area (Å²) in [5, 5.41) is 6.62. The first-order valence-corrected chi connectivity index (χ1v) is 5.64. The van der Waals surface area contributed by atoms with Crippen molar-refractivity contribution in [2.24, 2.45) is 12.8 Å². The number of carbonyl (C=O) groups excluding carboxylic acids is 2. The number of nitrogens with zero attached hydrogens (tertiary/aromatic N) is 2. The monoisotopic (exact) mass is 254 g/mol. The maximum absolute atomic E-state index is 11.6. The van der Waals surface area contributed by atoms with E-state index in [0.717, 1.165) is 11.3 Å². The smallest absolute Gasteiger partial charge is 0.332 e. The van der Waals surface area contributed by atoms with Crippen LogP contribution in [0, 0.1) is 6.92 Å². The summed E-state index contributed by atoms with van der Waals surface area (Å²) < 4.78 is 6.36. The number of aryl methyl sites for hydroxylation is 1. The lowest BCUT2D eigenvalue weighted by atomic mass is 10.2. The summed E-state index contributed by atoms with van der Waals surface area (Å²) in [6.07, 6.45) is 1.66. The molecule has 1 aromatic heterocycles. The van der Waals surface area contributed by atoms with E-state index in [0.29, 0.717) is 0 Å².